The number of sulfonamides is 1. The van der Waals surface area contributed by atoms with Crippen LogP contribution in [0.4, 0.5) is 5.69 Å². The zero-order valence-electron chi connectivity index (χ0n) is 22.6. The van der Waals surface area contributed by atoms with Gasteiger partial charge in [0.2, 0.25) is 21.8 Å². The van der Waals surface area contributed by atoms with Crippen LogP contribution >= 0.6 is 11.6 Å². The molecule has 39 heavy (non-hydrogen) atoms. The summed E-state index contributed by atoms with van der Waals surface area (Å²) in [6.07, 6.45) is 1.84. The van der Waals surface area contributed by atoms with Gasteiger partial charge in [-0.05, 0) is 49.6 Å². The van der Waals surface area contributed by atoms with Gasteiger partial charge in [0.25, 0.3) is 0 Å². The SMILES string of the molecule is CCNC(=O)[C@H](Cc1ccccc1)N(Cc1ccccc1Cl)C(=O)CCCN(c1ccc(C)cc1)S(C)(=O)=O. The number of nitrogens with one attached hydrogen (secondary N) is 1. The summed E-state index contributed by atoms with van der Waals surface area (Å²) in [5, 5.41) is 3.38. The summed E-state index contributed by atoms with van der Waals surface area (Å²) < 4.78 is 26.4. The zero-order chi connectivity index (χ0) is 28.4. The van der Waals surface area contributed by atoms with Crippen molar-refractivity contribution >= 4 is 39.1 Å². The summed E-state index contributed by atoms with van der Waals surface area (Å²) in [5.74, 6) is -0.501. The quantitative estimate of drug-likeness (QED) is 0.315. The number of likely N-dealkylation sites (N-methyl/N-ethyl adjacent to an activating group) is 1. The van der Waals surface area contributed by atoms with E-state index in [2.05, 4.69) is 5.32 Å². The monoisotopic (exact) mass is 569 g/mol. The van der Waals surface area contributed by atoms with E-state index in [9.17, 15) is 18.0 Å². The highest BCUT2D eigenvalue weighted by molar-refractivity contribution is 7.92. The predicted molar refractivity (Wildman–Crippen MR) is 157 cm³/mol. The molecule has 0 saturated carbocycles. The van der Waals surface area contributed by atoms with Crippen LogP contribution in [0.25, 0.3) is 0 Å². The second kappa shape index (κ2) is 14.1. The molecule has 3 aromatic rings. The topological polar surface area (TPSA) is 86.8 Å². The molecule has 2 amide bonds. The molecule has 0 fully saturated rings. The van der Waals surface area contributed by atoms with E-state index in [1.54, 1.807) is 23.1 Å². The maximum atomic E-state index is 13.7. The van der Waals surface area contributed by atoms with Crippen LogP contribution in [0.1, 0.15) is 36.5 Å². The molecule has 1 N–H and O–H groups in total. The molecule has 0 bridgehead atoms. The Balaban J connectivity index is 1.86. The lowest BCUT2D eigenvalue weighted by molar-refractivity contribution is -0.141. The molecular formula is C30H36ClN3O4S. The van der Waals surface area contributed by atoms with Crippen molar-refractivity contribution in [3.8, 4) is 0 Å². The molecule has 0 aliphatic carbocycles. The van der Waals surface area contributed by atoms with Gasteiger partial charge in [-0.3, -0.25) is 13.9 Å². The molecule has 0 radical (unpaired) electrons. The Morgan fingerprint density at radius 2 is 1.59 bits per heavy atom. The van der Waals surface area contributed by atoms with E-state index in [0.717, 1.165) is 22.9 Å². The first-order chi connectivity index (χ1) is 18.6. The molecule has 0 saturated heterocycles. The average molecular weight is 570 g/mol. The highest BCUT2D eigenvalue weighted by atomic mass is 35.5. The van der Waals surface area contributed by atoms with E-state index in [0.29, 0.717) is 23.7 Å². The smallest absolute Gasteiger partial charge is 0.243 e. The van der Waals surface area contributed by atoms with Gasteiger partial charge < -0.3 is 10.2 Å². The van der Waals surface area contributed by atoms with Gasteiger partial charge in [0.05, 0.1) is 11.9 Å². The van der Waals surface area contributed by atoms with Crippen LogP contribution in [0.3, 0.4) is 0 Å². The first-order valence-electron chi connectivity index (χ1n) is 13.0. The fourth-order valence-electron chi connectivity index (χ4n) is 4.37. The lowest BCUT2D eigenvalue weighted by atomic mass is 10.0. The van der Waals surface area contributed by atoms with Crippen molar-refractivity contribution in [2.45, 2.75) is 45.7 Å². The second-order valence-electron chi connectivity index (χ2n) is 9.49. The Morgan fingerprint density at radius 1 is 0.949 bits per heavy atom. The first-order valence-corrected chi connectivity index (χ1v) is 15.2. The van der Waals surface area contributed by atoms with Gasteiger partial charge in [-0.15, -0.1) is 0 Å². The molecule has 3 aromatic carbocycles. The summed E-state index contributed by atoms with van der Waals surface area (Å²) in [6, 6.07) is 23.2. The molecule has 0 aliphatic rings. The molecule has 1 atom stereocenters. The molecule has 0 aliphatic heterocycles. The predicted octanol–water partition coefficient (Wildman–Crippen LogP) is 4.97. The third-order valence-corrected chi connectivity index (χ3v) is 7.96. The number of halogens is 1. The van der Waals surface area contributed by atoms with Crippen molar-refractivity contribution in [1.82, 2.24) is 10.2 Å². The maximum absolute atomic E-state index is 13.7. The molecule has 208 valence electrons. The number of carbonyl (C=O) groups excluding carboxylic acids is 2. The van der Waals surface area contributed by atoms with Crippen molar-refractivity contribution in [1.29, 1.82) is 0 Å². The number of anilines is 1. The number of amides is 2. The number of aryl methyl sites for hydroxylation is 1. The summed E-state index contributed by atoms with van der Waals surface area (Å²) in [7, 11) is -3.55. The van der Waals surface area contributed by atoms with E-state index >= 15 is 0 Å². The Bertz CT molecular complexity index is 1350. The van der Waals surface area contributed by atoms with Crippen LogP contribution in [-0.4, -0.2) is 50.5 Å². The Morgan fingerprint density at radius 3 is 2.21 bits per heavy atom. The molecule has 0 aromatic heterocycles. The van der Waals surface area contributed by atoms with Crippen LogP contribution in [0.5, 0.6) is 0 Å². The summed E-state index contributed by atoms with van der Waals surface area (Å²) in [4.78, 5) is 28.6. The molecule has 7 nitrogen and oxygen atoms in total. The third-order valence-electron chi connectivity index (χ3n) is 6.39. The number of rotatable bonds is 13. The van der Waals surface area contributed by atoms with Crippen molar-refractivity contribution < 1.29 is 18.0 Å². The fraction of sp³-hybridized carbons (Fsp3) is 0.333. The first kappa shape index (κ1) is 30.2. The average Bonchev–Trinajstić information content (AvgIpc) is 2.90. The van der Waals surface area contributed by atoms with Gasteiger partial charge in [-0.2, -0.15) is 0 Å². The molecular weight excluding hydrogens is 534 g/mol. The lowest BCUT2D eigenvalue weighted by Gasteiger charge is -2.32. The van der Waals surface area contributed by atoms with E-state index < -0.39 is 16.1 Å². The highest BCUT2D eigenvalue weighted by Gasteiger charge is 2.30. The van der Waals surface area contributed by atoms with Crippen LogP contribution in [-0.2, 0) is 32.6 Å². The van der Waals surface area contributed by atoms with Crippen molar-refractivity contribution in [2.24, 2.45) is 0 Å². The number of hydrogen-bond donors (Lipinski definition) is 1. The van der Waals surface area contributed by atoms with Gasteiger partial charge in [-0.1, -0.05) is 77.8 Å². The molecule has 0 spiro atoms. The van der Waals surface area contributed by atoms with Gasteiger partial charge in [0.15, 0.2) is 0 Å². The number of benzene rings is 3. The maximum Gasteiger partial charge on any atom is 0.243 e. The van der Waals surface area contributed by atoms with Crippen LogP contribution in [0.2, 0.25) is 5.02 Å². The molecule has 0 heterocycles. The Kier molecular flexibility index (Phi) is 10.9. The van der Waals surface area contributed by atoms with Crippen LogP contribution in [0, 0.1) is 6.92 Å². The van der Waals surface area contributed by atoms with Crippen molar-refractivity contribution in [3.05, 3.63) is 101 Å². The largest absolute Gasteiger partial charge is 0.355 e. The number of nitrogens with zero attached hydrogens (tertiary/aromatic N) is 2. The standard InChI is InChI=1S/C30H36ClN3O4S/c1-4-32-30(36)28(21-24-11-6-5-7-12-24)33(22-25-13-8-9-14-27(25)31)29(35)15-10-20-34(39(3,37)38)26-18-16-23(2)17-19-26/h5-9,11-14,16-19,28H,4,10,15,20-22H2,1-3H3,(H,32,36)/t28-/m0/s1. The molecule has 9 heteroatoms. The Hall–Kier alpha value is -3.36. The van der Waals surface area contributed by atoms with Gasteiger partial charge in [0.1, 0.15) is 6.04 Å². The second-order valence-corrected chi connectivity index (χ2v) is 11.8. The van der Waals surface area contributed by atoms with Crippen LogP contribution < -0.4 is 9.62 Å². The molecule has 0 unspecified atom stereocenters. The summed E-state index contributed by atoms with van der Waals surface area (Å²) in [5.41, 5.74) is 3.22. The van der Waals surface area contributed by atoms with Crippen LogP contribution in [0.15, 0.2) is 78.9 Å². The highest BCUT2D eigenvalue weighted by Crippen LogP contribution is 2.23. The van der Waals surface area contributed by atoms with Gasteiger partial charge in [-0.25, -0.2) is 8.42 Å². The van der Waals surface area contributed by atoms with Crippen molar-refractivity contribution in [2.75, 3.05) is 23.7 Å². The minimum atomic E-state index is -3.55. The van der Waals surface area contributed by atoms with E-state index in [1.807, 2.05) is 74.5 Å². The fourth-order valence-corrected chi connectivity index (χ4v) is 5.53. The minimum Gasteiger partial charge on any atom is -0.355 e. The molecule has 3 rings (SSSR count). The van der Waals surface area contributed by atoms with Gasteiger partial charge in [0, 0.05) is 37.5 Å². The van der Waals surface area contributed by atoms with Gasteiger partial charge >= 0.3 is 0 Å². The van der Waals surface area contributed by atoms with E-state index in [4.69, 9.17) is 11.6 Å². The third kappa shape index (κ3) is 8.83. The zero-order valence-corrected chi connectivity index (χ0v) is 24.2. The van der Waals surface area contributed by atoms with E-state index in [1.165, 1.54) is 4.31 Å². The normalized spacial score (nSPS) is 12.0. The number of hydrogen-bond acceptors (Lipinski definition) is 4. The summed E-state index contributed by atoms with van der Waals surface area (Å²) in [6.45, 7) is 4.49. The van der Waals surface area contributed by atoms with E-state index in [-0.39, 0.29) is 37.7 Å². The lowest BCUT2D eigenvalue weighted by Crippen LogP contribution is -2.50. The Labute approximate surface area is 236 Å². The minimum absolute atomic E-state index is 0.0625. The van der Waals surface area contributed by atoms with Crippen molar-refractivity contribution in [3.63, 3.8) is 0 Å². The summed E-state index contributed by atoms with van der Waals surface area (Å²) >= 11 is 6.44. The number of carbonyl (C=O) groups is 2.